The highest BCUT2D eigenvalue weighted by molar-refractivity contribution is 5.85. The number of halogens is 2. The molecule has 3 saturated carbocycles. The average Bonchev–Trinajstić information content (AvgIpc) is 1.90. The van der Waals surface area contributed by atoms with Gasteiger partial charge < -0.3 is 5.73 Å². The van der Waals surface area contributed by atoms with Crippen molar-refractivity contribution in [1.29, 1.82) is 0 Å². The first kappa shape index (κ1) is 11.5. The van der Waals surface area contributed by atoms with Crippen molar-refractivity contribution in [2.45, 2.75) is 44.1 Å². The molecule has 0 radical (unpaired) electrons. The van der Waals surface area contributed by atoms with E-state index >= 15 is 0 Å². The summed E-state index contributed by atoms with van der Waals surface area (Å²) < 4.78 is 0. The Morgan fingerprint density at radius 3 is 1.45 bits per heavy atom. The standard InChI is InChI=1S/C8H15N.2ClH/c9-8-4-1-7(2-5-8)3-6-8;;/h7H,1-6,9H2;2*1H. The summed E-state index contributed by atoms with van der Waals surface area (Å²) in [5.74, 6) is 1.05. The molecule has 2 N–H and O–H groups in total. The zero-order chi connectivity index (χ0) is 6.32. The van der Waals surface area contributed by atoms with Gasteiger partial charge in [-0.3, -0.25) is 0 Å². The van der Waals surface area contributed by atoms with Crippen LogP contribution in [0, 0.1) is 5.92 Å². The maximum Gasteiger partial charge on any atom is 0.0154 e. The van der Waals surface area contributed by atoms with Gasteiger partial charge in [-0.2, -0.15) is 0 Å². The second-order valence-electron chi connectivity index (χ2n) is 3.84. The number of rotatable bonds is 0. The highest BCUT2D eigenvalue weighted by Crippen LogP contribution is 2.42. The molecule has 68 valence electrons. The highest BCUT2D eigenvalue weighted by atomic mass is 35.5. The van der Waals surface area contributed by atoms with Crippen LogP contribution in [-0.4, -0.2) is 5.54 Å². The molecule has 3 heteroatoms. The minimum atomic E-state index is 0. The van der Waals surface area contributed by atoms with Gasteiger partial charge in [-0.25, -0.2) is 0 Å². The third-order valence-electron chi connectivity index (χ3n) is 3.15. The Hall–Kier alpha value is 0.540. The molecule has 0 spiro atoms. The van der Waals surface area contributed by atoms with Crippen LogP contribution in [0.25, 0.3) is 0 Å². The lowest BCUT2D eigenvalue weighted by molar-refractivity contribution is 0.141. The summed E-state index contributed by atoms with van der Waals surface area (Å²) in [7, 11) is 0. The maximum atomic E-state index is 6.10. The monoisotopic (exact) mass is 197 g/mol. The van der Waals surface area contributed by atoms with E-state index in [4.69, 9.17) is 5.73 Å². The molecule has 0 amide bonds. The summed E-state index contributed by atoms with van der Waals surface area (Å²) in [4.78, 5) is 0. The van der Waals surface area contributed by atoms with Gasteiger partial charge in [0.05, 0.1) is 0 Å². The van der Waals surface area contributed by atoms with Gasteiger partial charge in [0, 0.05) is 5.54 Å². The van der Waals surface area contributed by atoms with Crippen molar-refractivity contribution in [3.63, 3.8) is 0 Å². The van der Waals surface area contributed by atoms with Crippen LogP contribution in [0.5, 0.6) is 0 Å². The number of hydrogen-bond acceptors (Lipinski definition) is 1. The molecule has 0 heterocycles. The van der Waals surface area contributed by atoms with Gasteiger partial charge in [-0.15, -0.1) is 24.8 Å². The lowest BCUT2D eigenvalue weighted by Gasteiger charge is -2.43. The SMILES string of the molecule is Cl.Cl.NC12CCC(CC1)CC2. The van der Waals surface area contributed by atoms with Crippen LogP contribution in [0.3, 0.4) is 0 Å². The number of fused-ring (bicyclic) bond motifs is 3. The van der Waals surface area contributed by atoms with Crippen LogP contribution in [0.2, 0.25) is 0 Å². The van der Waals surface area contributed by atoms with E-state index in [1.165, 1.54) is 38.5 Å². The molecule has 0 aliphatic heterocycles. The minimum absolute atomic E-state index is 0. The second-order valence-corrected chi connectivity index (χ2v) is 3.84. The predicted molar refractivity (Wildman–Crippen MR) is 52.6 cm³/mol. The molecule has 0 unspecified atom stereocenters. The molecule has 3 aliphatic rings. The predicted octanol–water partition coefficient (Wildman–Crippen LogP) is 2.51. The van der Waals surface area contributed by atoms with Gasteiger partial charge in [0.15, 0.2) is 0 Å². The summed E-state index contributed by atoms with van der Waals surface area (Å²) in [5, 5.41) is 0. The number of hydrogen-bond donors (Lipinski definition) is 1. The van der Waals surface area contributed by atoms with E-state index in [1.807, 2.05) is 0 Å². The Morgan fingerprint density at radius 1 is 0.909 bits per heavy atom. The largest absolute Gasteiger partial charge is 0.325 e. The van der Waals surface area contributed by atoms with Crippen molar-refractivity contribution < 1.29 is 0 Å². The summed E-state index contributed by atoms with van der Waals surface area (Å²) in [6.45, 7) is 0. The van der Waals surface area contributed by atoms with Gasteiger partial charge in [-0.1, -0.05) is 0 Å². The minimum Gasteiger partial charge on any atom is -0.325 e. The van der Waals surface area contributed by atoms with Gasteiger partial charge >= 0.3 is 0 Å². The third kappa shape index (κ3) is 2.24. The second kappa shape index (κ2) is 3.97. The molecule has 0 atom stereocenters. The Balaban J connectivity index is 0.000000500. The first-order valence-corrected chi connectivity index (χ1v) is 4.07. The van der Waals surface area contributed by atoms with Crippen molar-refractivity contribution in [3.8, 4) is 0 Å². The number of nitrogens with two attached hydrogens (primary N) is 1. The molecule has 11 heavy (non-hydrogen) atoms. The summed E-state index contributed by atoms with van der Waals surface area (Å²) in [5.41, 5.74) is 6.38. The summed E-state index contributed by atoms with van der Waals surface area (Å²) in [6.07, 6.45) is 8.15. The van der Waals surface area contributed by atoms with Crippen molar-refractivity contribution in [1.82, 2.24) is 0 Å². The first-order chi connectivity index (χ1) is 4.29. The van der Waals surface area contributed by atoms with E-state index in [0.717, 1.165) is 5.92 Å². The Kier molecular flexibility index (Phi) is 4.17. The summed E-state index contributed by atoms with van der Waals surface area (Å²) in [6, 6.07) is 0. The van der Waals surface area contributed by atoms with E-state index < -0.39 is 0 Å². The quantitative estimate of drug-likeness (QED) is 0.635. The zero-order valence-electron chi connectivity index (χ0n) is 6.71. The fourth-order valence-corrected chi connectivity index (χ4v) is 2.28. The molecule has 2 bridgehead atoms. The van der Waals surface area contributed by atoms with Gasteiger partial charge in [0.2, 0.25) is 0 Å². The van der Waals surface area contributed by atoms with Crippen molar-refractivity contribution in [2.24, 2.45) is 11.7 Å². The Labute approximate surface area is 80.9 Å². The van der Waals surface area contributed by atoms with E-state index in [0.29, 0.717) is 0 Å². The molecule has 0 saturated heterocycles. The van der Waals surface area contributed by atoms with Gasteiger partial charge in [-0.05, 0) is 44.4 Å². The highest BCUT2D eigenvalue weighted by Gasteiger charge is 2.36. The molecular formula is C8H17Cl2N. The fraction of sp³-hybridized carbons (Fsp3) is 1.00. The van der Waals surface area contributed by atoms with Crippen LogP contribution < -0.4 is 5.73 Å². The van der Waals surface area contributed by atoms with Gasteiger partial charge in [0.25, 0.3) is 0 Å². The smallest absolute Gasteiger partial charge is 0.0154 e. The van der Waals surface area contributed by atoms with Crippen LogP contribution in [-0.2, 0) is 0 Å². The summed E-state index contributed by atoms with van der Waals surface area (Å²) >= 11 is 0. The van der Waals surface area contributed by atoms with Crippen LogP contribution in [0.15, 0.2) is 0 Å². The normalized spacial score (nSPS) is 40.6. The molecule has 0 aromatic heterocycles. The van der Waals surface area contributed by atoms with Crippen LogP contribution >= 0.6 is 24.8 Å². The van der Waals surface area contributed by atoms with Crippen LogP contribution in [0.1, 0.15) is 38.5 Å². The lowest BCUT2D eigenvalue weighted by atomic mass is 9.66. The maximum absolute atomic E-state index is 6.10. The average molecular weight is 198 g/mol. The Morgan fingerprint density at radius 2 is 1.27 bits per heavy atom. The molecule has 0 aromatic carbocycles. The first-order valence-electron chi connectivity index (χ1n) is 4.07. The molecule has 3 fully saturated rings. The van der Waals surface area contributed by atoms with Crippen molar-refractivity contribution >= 4 is 24.8 Å². The lowest BCUT2D eigenvalue weighted by Crippen LogP contribution is -2.47. The van der Waals surface area contributed by atoms with Crippen LogP contribution in [0.4, 0.5) is 0 Å². The molecule has 1 nitrogen and oxygen atoms in total. The molecule has 3 rings (SSSR count). The van der Waals surface area contributed by atoms with E-state index in [1.54, 1.807) is 0 Å². The fourth-order valence-electron chi connectivity index (χ4n) is 2.28. The van der Waals surface area contributed by atoms with E-state index in [9.17, 15) is 0 Å². The zero-order valence-corrected chi connectivity index (χ0v) is 8.35. The molecular weight excluding hydrogens is 181 g/mol. The molecule has 0 aromatic rings. The van der Waals surface area contributed by atoms with E-state index in [-0.39, 0.29) is 30.4 Å². The molecule has 3 aliphatic carbocycles. The topological polar surface area (TPSA) is 26.0 Å². The Bertz CT molecular complexity index is 105. The van der Waals surface area contributed by atoms with Gasteiger partial charge in [0.1, 0.15) is 0 Å². The van der Waals surface area contributed by atoms with Crippen molar-refractivity contribution in [2.75, 3.05) is 0 Å². The van der Waals surface area contributed by atoms with E-state index in [2.05, 4.69) is 0 Å². The third-order valence-corrected chi connectivity index (χ3v) is 3.15. The van der Waals surface area contributed by atoms with Crippen molar-refractivity contribution in [3.05, 3.63) is 0 Å².